The molecule has 1 aromatic heterocycles. The quantitative estimate of drug-likeness (QED) is 0.794. The topological polar surface area (TPSA) is 57.2 Å². The lowest BCUT2D eigenvalue weighted by atomic mass is 10.4. The van der Waals surface area contributed by atoms with Gasteiger partial charge in [0.1, 0.15) is 0 Å². The van der Waals surface area contributed by atoms with E-state index in [4.69, 9.17) is 11.6 Å². The lowest BCUT2D eigenvalue weighted by molar-refractivity contribution is 0.300. The number of rotatable bonds is 8. The van der Waals surface area contributed by atoms with Crippen molar-refractivity contribution in [2.45, 2.75) is 33.1 Å². The molecule has 1 N–H and O–H groups in total. The lowest BCUT2D eigenvalue weighted by Gasteiger charge is -2.20. The summed E-state index contributed by atoms with van der Waals surface area (Å²) in [6.07, 6.45) is 3.55. The molecule has 1 aromatic rings. The number of nitrogens with zero attached hydrogens (tertiary/aromatic N) is 5. The van der Waals surface area contributed by atoms with Crippen molar-refractivity contribution in [3.8, 4) is 0 Å². The molecule has 0 unspecified atom stereocenters. The Balaban J connectivity index is 1.90. The molecule has 7 heteroatoms. The molecule has 0 saturated carbocycles. The molecule has 1 aliphatic rings. The molecule has 2 heterocycles. The van der Waals surface area contributed by atoms with Crippen LogP contribution in [-0.4, -0.2) is 59.1 Å². The SMILES string of the molecule is CCCN(CC)CCNc1nc(Cl)nc(N2CCCC2)n1. The van der Waals surface area contributed by atoms with E-state index in [9.17, 15) is 0 Å². The summed E-state index contributed by atoms with van der Waals surface area (Å²) in [6.45, 7) is 10.4. The van der Waals surface area contributed by atoms with Gasteiger partial charge in [-0.05, 0) is 44.0 Å². The van der Waals surface area contributed by atoms with Crippen LogP contribution in [0.4, 0.5) is 11.9 Å². The number of halogens is 1. The summed E-state index contributed by atoms with van der Waals surface area (Å²) in [4.78, 5) is 17.4. The highest BCUT2D eigenvalue weighted by atomic mass is 35.5. The Hall–Kier alpha value is -1.14. The van der Waals surface area contributed by atoms with Crippen LogP contribution < -0.4 is 10.2 Å². The summed E-state index contributed by atoms with van der Waals surface area (Å²) in [7, 11) is 0. The normalized spacial score (nSPS) is 15.0. The lowest BCUT2D eigenvalue weighted by Crippen LogP contribution is -2.30. The van der Waals surface area contributed by atoms with Crippen LogP contribution in [0.1, 0.15) is 33.1 Å². The molecule has 0 atom stereocenters. The molecule has 0 radical (unpaired) electrons. The third-order valence-corrected chi connectivity index (χ3v) is 3.85. The average Bonchev–Trinajstić information content (AvgIpc) is 3.00. The van der Waals surface area contributed by atoms with E-state index in [1.165, 1.54) is 19.3 Å². The first kappa shape index (κ1) is 16.2. The van der Waals surface area contributed by atoms with Crippen LogP contribution in [0.15, 0.2) is 0 Å². The Morgan fingerprint density at radius 2 is 1.90 bits per heavy atom. The third kappa shape index (κ3) is 4.97. The van der Waals surface area contributed by atoms with Gasteiger partial charge in [-0.1, -0.05) is 13.8 Å². The fourth-order valence-electron chi connectivity index (χ4n) is 2.55. The van der Waals surface area contributed by atoms with Gasteiger partial charge in [0.05, 0.1) is 0 Å². The monoisotopic (exact) mass is 312 g/mol. The molecule has 118 valence electrons. The van der Waals surface area contributed by atoms with Crippen LogP contribution in [0, 0.1) is 0 Å². The summed E-state index contributed by atoms with van der Waals surface area (Å²) >= 11 is 6.01. The Kier molecular flexibility index (Phi) is 6.45. The Morgan fingerprint density at radius 1 is 1.14 bits per heavy atom. The van der Waals surface area contributed by atoms with Crippen LogP contribution in [0.5, 0.6) is 0 Å². The maximum atomic E-state index is 6.01. The van der Waals surface area contributed by atoms with Crippen molar-refractivity contribution in [3.63, 3.8) is 0 Å². The standard InChI is InChI=1S/C14H25ClN6/c1-3-8-20(4-2)11-7-16-13-17-12(15)18-14(19-13)21-9-5-6-10-21/h3-11H2,1-2H3,(H,16,17,18,19). The molecular weight excluding hydrogens is 288 g/mol. The molecule has 1 fully saturated rings. The molecule has 0 spiro atoms. The van der Waals surface area contributed by atoms with Crippen molar-refractivity contribution in [1.82, 2.24) is 19.9 Å². The van der Waals surface area contributed by atoms with Gasteiger partial charge in [-0.25, -0.2) is 0 Å². The first-order chi connectivity index (χ1) is 10.2. The minimum absolute atomic E-state index is 0.260. The molecular formula is C14H25ClN6. The molecule has 0 amide bonds. The molecule has 21 heavy (non-hydrogen) atoms. The van der Waals surface area contributed by atoms with Gasteiger partial charge >= 0.3 is 0 Å². The predicted molar refractivity (Wildman–Crippen MR) is 87.2 cm³/mol. The highest BCUT2D eigenvalue weighted by Crippen LogP contribution is 2.18. The van der Waals surface area contributed by atoms with Gasteiger partial charge in [0, 0.05) is 26.2 Å². The van der Waals surface area contributed by atoms with Crippen LogP contribution in [0.3, 0.4) is 0 Å². The van der Waals surface area contributed by atoms with E-state index in [0.29, 0.717) is 11.9 Å². The maximum Gasteiger partial charge on any atom is 0.231 e. The van der Waals surface area contributed by atoms with E-state index < -0.39 is 0 Å². The molecule has 0 aromatic carbocycles. The summed E-state index contributed by atoms with van der Waals surface area (Å²) < 4.78 is 0. The van der Waals surface area contributed by atoms with Gasteiger partial charge in [-0.15, -0.1) is 0 Å². The molecule has 1 saturated heterocycles. The second-order valence-electron chi connectivity index (χ2n) is 5.28. The zero-order valence-corrected chi connectivity index (χ0v) is 13.7. The van der Waals surface area contributed by atoms with Crippen molar-refractivity contribution in [1.29, 1.82) is 0 Å². The molecule has 6 nitrogen and oxygen atoms in total. The number of nitrogens with one attached hydrogen (secondary N) is 1. The van der Waals surface area contributed by atoms with Crippen LogP contribution in [0.25, 0.3) is 0 Å². The summed E-state index contributed by atoms with van der Waals surface area (Å²) in [5.74, 6) is 1.26. The molecule has 2 rings (SSSR count). The van der Waals surface area contributed by atoms with E-state index in [1.54, 1.807) is 0 Å². The van der Waals surface area contributed by atoms with Crippen LogP contribution in [0.2, 0.25) is 5.28 Å². The van der Waals surface area contributed by atoms with Crippen molar-refractivity contribution in [2.75, 3.05) is 49.5 Å². The minimum Gasteiger partial charge on any atom is -0.353 e. The Bertz CT molecular complexity index is 435. The van der Waals surface area contributed by atoms with Gasteiger partial charge in [0.25, 0.3) is 0 Å². The van der Waals surface area contributed by atoms with Gasteiger partial charge in [0.15, 0.2) is 0 Å². The fraction of sp³-hybridized carbons (Fsp3) is 0.786. The number of hydrogen-bond donors (Lipinski definition) is 1. The summed E-state index contributed by atoms with van der Waals surface area (Å²) in [5.41, 5.74) is 0. The Morgan fingerprint density at radius 3 is 2.57 bits per heavy atom. The van der Waals surface area contributed by atoms with Crippen LogP contribution >= 0.6 is 11.6 Å². The smallest absolute Gasteiger partial charge is 0.231 e. The highest BCUT2D eigenvalue weighted by molar-refractivity contribution is 6.28. The highest BCUT2D eigenvalue weighted by Gasteiger charge is 2.16. The van der Waals surface area contributed by atoms with Gasteiger partial charge in [-0.3, -0.25) is 0 Å². The average molecular weight is 313 g/mol. The number of hydrogen-bond acceptors (Lipinski definition) is 6. The van der Waals surface area contributed by atoms with Crippen molar-refractivity contribution < 1.29 is 0 Å². The van der Waals surface area contributed by atoms with E-state index in [-0.39, 0.29) is 5.28 Å². The van der Waals surface area contributed by atoms with Crippen molar-refractivity contribution in [3.05, 3.63) is 5.28 Å². The van der Waals surface area contributed by atoms with E-state index in [2.05, 4.69) is 43.9 Å². The minimum atomic E-state index is 0.260. The maximum absolute atomic E-state index is 6.01. The first-order valence-corrected chi connectivity index (χ1v) is 8.23. The Labute approximate surface area is 131 Å². The zero-order chi connectivity index (χ0) is 15.1. The largest absolute Gasteiger partial charge is 0.353 e. The first-order valence-electron chi connectivity index (χ1n) is 7.85. The van der Waals surface area contributed by atoms with Crippen molar-refractivity contribution in [2.24, 2.45) is 0 Å². The van der Waals surface area contributed by atoms with E-state index in [0.717, 1.165) is 39.3 Å². The van der Waals surface area contributed by atoms with E-state index in [1.807, 2.05) is 0 Å². The van der Waals surface area contributed by atoms with Gasteiger partial charge in [-0.2, -0.15) is 15.0 Å². The van der Waals surface area contributed by atoms with E-state index >= 15 is 0 Å². The summed E-state index contributed by atoms with van der Waals surface area (Å²) in [5, 5.41) is 3.52. The predicted octanol–water partition coefficient (Wildman–Crippen LogP) is 2.27. The fourth-order valence-corrected chi connectivity index (χ4v) is 2.70. The number of likely N-dealkylation sites (N-methyl/N-ethyl adjacent to an activating group) is 1. The van der Waals surface area contributed by atoms with Gasteiger partial charge in [0.2, 0.25) is 17.2 Å². The number of anilines is 2. The molecule has 0 bridgehead atoms. The number of aromatic nitrogens is 3. The second kappa shape index (κ2) is 8.34. The second-order valence-corrected chi connectivity index (χ2v) is 5.62. The zero-order valence-electron chi connectivity index (χ0n) is 13.0. The molecule has 1 aliphatic heterocycles. The van der Waals surface area contributed by atoms with Crippen molar-refractivity contribution >= 4 is 23.5 Å². The van der Waals surface area contributed by atoms with Gasteiger partial charge < -0.3 is 15.1 Å². The summed E-state index contributed by atoms with van der Waals surface area (Å²) in [6, 6.07) is 0. The van der Waals surface area contributed by atoms with Crippen LogP contribution in [-0.2, 0) is 0 Å². The molecule has 0 aliphatic carbocycles. The third-order valence-electron chi connectivity index (χ3n) is 3.68.